The molecule has 57 heavy (non-hydrogen) atoms. The number of aromatic nitrogens is 4. The fourth-order valence-corrected chi connectivity index (χ4v) is 8.80. The molecule has 2 aliphatic rings. The van der Waals surface area contributed by atoms with E-state index in [1.165, 1.54) is 22.2 Å². The van der Waals surface area contributed by atoms with E-state index < -0.39 is 0 Å². The lowest BCUT2D eigenvalue weighted by Gasteiger charge is -2.13. The summed E-state index contributed by atoms with van der Waals surface area (Å²) in [4.78, 5) is 14.9. The van der Waals surface area contributed by atoms with Gasteiger partial charge in [0.2, 0.25) is 0 Å². The lowest BCUT2D eigenvalue weighted by Crippen LogP contribution is -2.03. The second-order valence-electron chi connectivity index (χ2n) is 15.0. The van der Waals surface area contributed by atoms with Crippen LogP contribution in [0.1, 0.15) is 36.3 Å². The Labute approximate surface area is 327 Å². The molecule has 0 N–H and O–H groups in total. The van der Waals surface area contributed by atoms with Gasteiger partial charge < -0.3 is 13.4 Å². The van der Waals surface area contributed by atoms with Crippen molar-refractivity contribution in [1.29, 1.82) is 0 Å². The van der Waals surface area contributed by atoms with E-state index in [0.29, 0.717) is 11.6 Å². The Morgan fingerprint density at radius 2 is 1.14 bits per heavy atom. The zero-order chi connectivity index (χ0) is 37.5. The minimum absolute atomic E-state index is 0.641. The smallest absolute Gasteiger partial charge is 0.164 e. The highest BCUT2D eigenvalue weighted by molar-refractivity contribution is 6.09. The van der Waals surface area contributed by atoms with Crippen molar-refractivity contribution in [3.05, 3.63) is 169 Å². The molecule has 0 bridgehead atoms. The molecule has 0 unspecified atom stereocenters. The summed E-state index contributed by atoms with van der Waals surface area (Å²) < 4.78 is 15.4. The largest absolute Gasteiger partial charge is 0.456 e. The molecular formula is C51H34N4O2. The summed E-state index contributed by atoms with van der Waals surface area (Å²) in [6.07, 6.45) is 14.9. The second-order valence-corrected chi connectivity index (χ2v) is 15.0. The van der Waals surface area contributed by atoms with Crippen molar-refractivity contribution in [2.75, 3.05) is 0 Å². The number of para-hydroxylation sites is 1. The van der Waals surface area contributed by atoms with Gasteiger partial charge in [0.1, 0.15) is 22.3 Å². The number of furan rings is 2. The Bertz CT molecular complexity index is 3360. The molecule has 0 amide bonds. The van der Waals surface area contributed by atoms with E-state index in [4.69, 9.17) is 23.8 Å². The van der Waals surface area contributed by atoms with E-state index in [1.807, 2.05) is 42.5 Å². The Hall–Kier alpha value is -7.31. The molecule has 4 heterocycles. The van der Waals surface area contributed by atoms with Crippen LogP contribution >= 0.6 is 0 Å². The molecule has 270 valence electrons. The van der Waals surface area contributed by atoms with Crippen LogP contribution < -0.4 is 0 Å². The SMILES string of the molecule is C1=CCCC(c2nc(-c3ccccc3)nc(-c3ccc4oc5ccc(-c6ccc7c(c6)oc6cc(-n8c9c(c%10ccccc%108)C=CCC9)ccc67)cc5c4c3)n2)=C1. The Balaban J connectivity index is 0.939. The average molecular weight is 735 g/mol. The van der Waals surface area contributed by atoms with Crippen molar-refractivity contribution in [3.8, 4) is 39.6 Å². The molecule has 0 fully saturated rings. The van der Waals surface area contributed by atoms with Crippen LogP contribution in [0.5, 0.6) is 0 Å². The Morgan fingerprint density at radius 3 is 1.98 bits per heavy atom. The van der Waals surface area contributed by atoms with Gasteiger partial charge in [-0.25, -0.2) is 15.0 Å². The molecule has 0 atom stereocenters. The summed E-state index contributed by atoms with van der Waals surface area (Å²) >= 11 is 0. The second kappa shape index (κ2) is 12.6. The molecule has 6 nitrogen and oxygen atoms in total. The van der Waals surface area contributed by atoms with Gasteiger partial charge in [0, 0.05) is 61.1 Å². The van der Waals surface area contributed by atoms with E-state index in [9.17, 15) is 0 Å². The zero-order valence-corrected chi connectivity index (χ0v) is 30.9. The summed E-state index contributed by atoms with van der Waals surface area (Å²) in [6.45, 7) is 0. The standard InChI is InChI=1S/C51H34N4O2/c1-3-11-31(12-4-1)49-52-50(32-13-5-2-6-14-32)54-51(53-49)35-21-26-46-42(28-35)41-27-33(20-25-45(41)56-46)34-19-23-39-40-24-22-36(30-48(40)57-47(39)29-34)55-43-17-9-7-15-37(43)38-16-8-10-18-44(38)55/h1-5,7-9,11-13,15-17,19-30H,6,10,14,18H2. The van der Waals surface area contributed by atoms with Gasteiger partial charge in [-0.2, -0.15) is 0 Å². The number of nitrogens with zero attached hydrogens (tertiary/aromatic N) is 4. The third-order valence-corrected chi connectivity index (χ3v) is 11.6. The first-order valence-electron chi connectivity index (χ1n) is 19.6. The zero-order valence-electron chi connectivity index (χ0n) is 30.9. The molecule has 0 saturated carbocycles. The highest BCUT2D eigenvalue weighted by Gasteiger charge is 2.20. The molecular weight excluding hydrogens is 701 g/mol. The van der Waals surface area contributed by atoms with Gasteiger partial charge in [-0.05, 0) is 103 Å². The van der Waals surface area contributed by atoms with Crippen LogP contribution in [0, 0.1) is 0 Å². The van der Waals surface area contributed by atoms with Gasteiger partial charge >= 0.3 is 0 Å². The van der Waals surface area contributed by atoms with Crippen LogP contribution in [0.3, 0.4) is 0 Å². The first-order valence-corrected chi connectivity index (χ1v) is 19.6. The van der Waals surface area contributed by atoms with Gasteiger partial charge in [0.15, 0.2) is 17.5 Å². The Morgan fingerprint density at radius 1 is 0.474 bits per heavy atom. The van der Waals surface area contributed by atoms with E-state index in [2.05, 4.69) is 120 Å². The first kappa shape index (κ1) is 32.0. The van der Waals surface area contributed by atoms with Crippen molar-refractivity contribution in [3.63, 3.8) is 0 Å². The highest BCUT2D eigenvalue weighted by Crippen LogP contribution is 2.39. The number of rotatable bonds is 5. The maximum absolute atomic E-state index is 6.64. The van der Waals surface area contributed by atoms with E-state index >= 15 is 0 Å². The Kier molecular flexibility index (Phi) is 7.08. The maximum Gasteiger partial charge on any atom is 0.164 e. The van der Waals surface area contributed by atoms with Crippen LogP contribution in [0.25, 0.3) is 106 Å². The molecule has 6 heteroatoms. The lowest BCUT2D eigenvalue weighted by molar-refractivity contribution is 0.668. The van der Waals surface area contributed by atoms with Crippen LogP contribution in [0.15, 0.2) is 161 Å². The molecule has 4 aromatic heterocycles. The minimum atomic E-state index is 0.641. The predicted octanol–water partition coefficient (Wildman–Crippen LogP) is 13.3. The van der Waals surface area contributed by atoms with Crippen LogP contribution in [-0.4, -0.2) is 19.5 Å². The summed E-state index contributed by atoms with van der Waals surface area (Å²) in [6, 6.07) is 44.6. The van der Waals surface area contributed by atoms with Crippen molar-refractivity contribution in [2.45, 2.75) is 25.7 Å². The average Bonchev–Trinajstić information content (AvgIpc) is 3.95. The molecule has 0 aliphatic heterocycles. The quantitative estimate of drug-likeness (QED) is 0.176. The molecule has 0 radical (unpaired) electrons. The number of hydrogen-bond donors (Lipinski definition) is 0. The molecule has 12 rings (SSSR count). The van der Waals surface area contributed by atoms with Crippen LogP contribution in [0.2, 0.25) is 0 Å². The molecule has 2 aliphatic carbocycles. The maximum atomic E-state index is 6.64. The van der Waals surface area contributed by atoms with Crippen molar-refractivity contribution >= 4 is 66.4 Å². The van der Waals surface area contributed by atoms with Crippen molar-refractivity contribution in [2.24, 2.45) is 0 Å². The van der Waals surface area contributed by atoms with Gasteiger partial charge in [-0.3, -0.25) is 0 Å². The van der Waals surface area contributed by atoms with Crippen LogP contribution in [-0.2, 0) is 6.42 Å². The monoisotopic (exact) mass is 734 g/mol. The van der Waals surface area contributed by atoms with Gasteiger partial charge in [-0.15, -0.1) is 0 Å². The normalized spacial score (nSPS) is 14.0. The topological polar surface area (TPSA) is 69.9 Å². The highest BCUT2D eigenvalue weighted by atomic mass is 16.3. The third kappa shape index (κ3) is 5.21. The molecule has 10 aromatic rings. The third-order valence-electron chi connectivity index (χ3n) is 11.6. The number of benzene rings is 6. The first-order chi connectivity index (χ1) is 28.2. The minimum Gasteiger partial charge on any atom is -0.456 e. The summed E-state index contributed by atoms with van der Waals surface area (Å²) in [5.74, 6) is 2.02. The summed E-state index contributed by atoms with van der Waals surface area (Å²) in [7, 11) is 0. The fraction of sp³-hybridized carbons (Fsp3) is 0.0784. The molecule has 0 spiro atoms. The van der Waals surface area contributed by atoms with Gasteiger partial charge in [0.05, 0.1) is 5.52 Å². The van der Waals surface area contributed by atoms with Crippen LogP contribution in [0.4, 0.5) is 0 Å². The van der Waals surface area contributed by atoms with Crippen molar-refractivity contribution in [1.82, 2.24) is 19.5 Å². The molecule has 0 saturated heterocycles. The van der Waals surface area contributed by atoms with Gasteiger partial charge in [-0.1, -0.05) is 91.0 Å². The molecule has 6 aromatic carbocycles. The van der Waals surface area contributed by atoms with E-state index in [1.54, 1.807) is 0 Å². The van der Waals surface area contributed by atoms with E-state index in [-0.39, 0.29) is 0 Å². The van der Waals surface area contributed by atoms with E-state index in [0.717, 1.165) is 109 Å². The lowest BCUT2D eigenvalue weighted by atomic mass is 10.0. The number of fused-ring (bicyclic) bond motifs is 9. The summed E-state index contributed by atoms with van der Waals surface area (Å²) in [5.41, 5.74) is 13.6. The number of hydrogen-bond acceptors (Lipinski definition) is 5. The fourth-order valence-electron chi connectivity index (χ4n) is 8.80. The number of allylic oxidation sites excluding steroid dienone is 5. The van der Waals surface area contributed by atoms with Gasteiger partial charge in [0.25, 0.3) is 0 Å². The predicted molar refractivity (Wildman–Crippen MR) is 231 cm³/mol. The van der Waals surface area contributed by atoms with Crippen molar-refractivity contribution < 1.29 is 8.83 Å². The summed E-state index contributed by atoms with van der Waals surface area (Å²) in [5, 5.41) is 5.56.